The van der Waals surface area contributed by atoms with E-state index in [0.717, 1.165) is 49.1 Å². The van der Waals surface area contributed by atoms with Gasteiger partial charge in [0.2, 0.25) is 11.8 Å². The molecule has 2 aromatic rings. The first-order valence-electron chi connectivity index (χ1n) is 13.7. The molecule has 2 heterocycles. The van der Waals surface area contributed by atoms with E-state index in [1.165, 1.54) is 24.6 Å². The van der Waals surface area contributed by atoms with Gasteiger partial charge in [0.25, 0.3) is 5.91 Å². The van der Waals surface area contributed by atoms with Crippen LogP contribution in [0.3, 0.4) is 0 Å². The molecule has 1 saturated carbocycles. The minimum absolute atomic E-state index is 0.0593. The lowest BCUT2D eigenvalue weighted by Gasteiger charge is -2.43. The molecule has 218 valence electrons. The molecule has 2 N–H and O–H groups in total. The molecule has 3 atom stereocenters. The predicted molar refractivity (Wildman–Crippen MR) is 144 cm³/mol. The second-order valence-electron chi connectivity index (χ2n) is 11.0. The number of carbonyl (C=O) groups excluding carboxylic acids is 3. The fraction of sp³-hybridized carbons (Fsp3) is 0.571. The van der Waals surface area contributed by atoms with Gasteiger partial charge in [0.1, 0.15) is 17.8 Å². The Hall–Kier alpha value is -3.70. The van der Waals surface area contributed by atoms with Crippen LogP contribution >= 0.6 is 0 Å². The van der Waals surface area contributed by atoms with Crippen LogP contribution in [0.1, 0.15) is 56.4 Å². The van der Waals surface area contributed by atoms with Crippen molar-refractivity contribution in [3.8, 4) is 0 Å². The molecule has 1 saturated heterocycles. The summed E-state index contributed by atoms with van der Waals surface area (Å²) in [6.07, 6.45) is 3.30. The van der Waals surface area contributed by atoms with E-state index in [4.69, 9.17) is 0 Å². The van der Waals surface area contributed by atoms with Gasteiger partial charge in [-0.3, -0.25) is 19.3 Å². The quantitative estimate of drug-likeness (QED) is 0.562. The van der Waals surface area contributed by atoms with Gasteiger partial charge >= 0.3 is 6.09 Å². The zero-order valence-corrected chi connectivity index (χ0v) is 23.3. The third-order valence-electron chi connectivity index (χ3n) is 8.45. The molecule has 2 unspecified atom stereocenters. The van der Waals surface area contributed by atoms with Crippen LogP contribution < -0.4 is 5.32 Å². The number of piperazine rings is 1. The van der Waals surface area contributed by atoms with Gasteiger partial charge in [-0.2, -0.15) is 0 Å². The zero-order valence-electron chi connectivity index (χ0n) is 23.3. The Kier molecular flexibility index (Phi) is 8.65. The number of hydrogen-bond donors (Lipinski definition) is 2. The van der Waals surface area contributed by atoms with Crippen LogP contribution in [0, 0.1) is 17.6 Å². The summed E-state index contributed by atoms with van der Waals surface area (Å²) in [5, 5.41) is 12.5. The molecule has 1 aliphatic heterocycles. The number of carboxylic acid groups (broad SMARTS) is 1. The molecule has 2 fully saturated rings. The fourth-order valence-corrected chi connectivity index (χ4v) is 5.81. The number of rotatable bonds is 6. The first-order valence-corrected chi connectivity index (χ1v) is 13.7. The third kappa shape index (κ3) is 5.75. The van der Waals surface area contributed by atoms with E-state index in [0.29, 0.717) is 10.9 Å². The molecular weight excluding hydrogens is 524 g/mol. The van der Waals surface area contributed by atoms with Gasteiger partial charge in [0, 0.05) is 51.2 Å². The maximum absolute atomic E-state index is 13.9. The lowest BCUT2D eigenvalue weighted by Crippen LogP contribution is -2.62. The lowest BCUT2D eigenvalue weighted by atomic mass is 9.83. The summed E-state index contributed by atoms with van der Waals surface area (Å²) in [7, 11) is 2.93. The van der Waals surface area contributed by atoms with Crippen LogP contribution in [-0.2, 0) is 16.6 Å². The third-order valence-corrected chi connectivity index (χ3v) is 8.45. The molecule has 4 amide bonds. The highest BCUT2D eigenvalue weighted by atomic mass is 19.2. The summed E-state index contributed by atoms with van der Waals surface area (Å²) in [6.45, 7) is 4.07. The highest BCUT2D eigenvalue weighted by Crippen LogP contribution is 2.29. The Balaban J connectivity index is 1.49. The first-order chi connectivity index (χ1) is 18.9. The van der Waals surface area contributed by atoms with Crippen molar-refractivity contribution in [2.24, 2.45) is 13.0 Å². The predicted octanol–water partition coefficient (Wildman–Crippen LogP) is 3.19. The van der Waals surface area contributed by atoms with E-state index in [1.807, 2.05) is 6.92 Å². The number of nitrogens with zero attached hydrogens (tertiary/aromatic N) is 4. The molecule has 12 heteroatoms. The number of fused-ring (bicyclic) bond motifs is 1. The van der Waals surface area contributed by atoms with Crippen LogP contribution in [0.25, 0.3) is 10.9 Å². The van der Waals surface area contributed by atoms with Gasteiger partial charge in [0.15, 0.2) is 11.6 Å². The van der Waals surface area contributed by atoms with Crippen molar-refractivity contribution in [3.05, 3.63) is 35.5 Å². The van der Waals surface area contributed by atoms with Crippen LogP contribution in [-0.4, -0.2) is 93.0 Å². The van der Waals surface area contributed by atoms with Crippen LogP contribution in [0.15, 0.2) is 18.2 Å². The van der Waals surface area contributed by atoms with Crippen molar-refractivity contribution in [1.29, 1.82) is 0 Å². The maximum Gasteiger partial charge on any atom is 0.407 e. The van der Waals surface area contributed by atoms with E-state index < -0.39 is 35.7 Å². The summed E-state index contributed by atoms with van der Waals surface area (Å²) >= 11 is 0. The summed E-state index contributed by atoms with van der Waals surface area (Å²) in [6, 6.07) is 1.56. The summed E-state index contributed by atoms with van der Waals surface area (Å²) in [5.41, 5.74) is 0.689. The molecule has 0 bridgehead atoms. The SMILES string of the molecule is CC(C(=O)NC(C(=O)N1CCN(C(=O)c2cc3cc(F)c(F)cc3n2C)C[C@H]1C)C1CCCCC1)N(C)C(=O)O. The smallest absolute Gasteiger partial charge is 0.407 e. The molecule has 1 aromatic carbocycles. The van der Waals surface area contributed by atoms with Crippen molar-refractivity contribution >= 4 is 34.7 Å². The Bertz CT molecular complexity index is 1310. The number of aromatic nitrogens is 1. The number of aryl methyl sites for hydroxylation is 1. The van der Waals surface area contributed by atoms with E-state index in [-0.39, 0.29) is 49.1 Å². The van der Waals surface area contributed by atoms with E-state index in [2.05, 4.69) is 5.32 Å². The van der Waals surface area contributed by atoms with E-state index in [9.17, 15) is 33.1 Å². The van der Waals surface area contributed by atoms with Gasteiger partial charge in [-0.25, -0.2) is 13.6 Å². The summed E-state index contributed by atoms with van der Waals surface area (Å²) in [5.74, 6) is -3.10. The highest BCUT2D eigenvalue weighted by Gasteiger charge is 2.39. The molecule has 10 nitrogen and oxygen atoms in total. The summed E-state index contributed by atoms with van der Waals surface area (Å²) < 4.78 is 29.1. The normalized spacial score (nSPS) is 19.8. The van der Waals surface area contributed by atoms with Crippen LogP contribution in [0.2, 0.25) is 0 Å². The van der Waals surface area contributed by atoms with Crippen molar-refractivity contribution in [1.82, 2.24) is 24.6 Å². The van der Waals surface area contributed by atoms with Gasteiger partial charge < -0.3 is 24.8 Å². The van der Waals surface area contributed by atoms with Crippen molar-refractivity contribution in [2.75, 3.05) is 26.7 Å². The van der Waals surface area contributed by atoms with Gasteiger partial charge in [-0.05, 0) is 44.7 Å². The van der Waals surface area contributed by atoms with Gasteiger partial charge in [-0.15, -0.1) is 0 Å². The number of carbonyl (C=O) groups is 4. The molecule has 1 aromatic heterocycles. The number of hydrogen-bond acceptors (Lipinski definition) is 4. The minimum Gasteiger partial charge on any atom is -0.465 e. The molecular formula is C28H37F2N5O5. The molecule has 4 rings (SSSR count). The van der Waals surface area contributed by atoms with Crippen molar-refractivity contribution < 1.29 is 33.1 Å². The number of benzene rings is 1. The second-order valence-corrected chi connectivity index (χ2v) is 11.0. The Morgan fingerprint density at radius 1 is 1.05 bits per heavy atom. The average Bonchev–Trinajstić information content (AvgIpc) is 3.25. The maximum atomic E-state index is 13.9. The topological polar surface area (TPSA) is 115 Å². The van der Waals surface area contributed by atoms with Crippen molar-refractivity contribution in [3.63, 3.8) is 0 Å². The molecule has 0 radical (unpaired) electrons. The highest BCUT2D eigenvalue weighted by molar-refractivity contribution is 5.99. The molecule has 1 aliphatic carbocycles. The second kappa shape index (κ2) is 11.8. The standard InChI is InChI=1S/C28H37F2N5O5/c1-16-15-34(26(37)23-13-19-12-20(29)21(30)14-22(19)33(23)4)10-11-35(16)27(38)24(18-8-6-5-7-9-18)31-25(36)17(2)32(3)28(39)40/h12-14,16-18,24H,5-11,15H2,1-4H3,(H,31,36)(H,39,40)/t16-,17?,24?/m1/s1. The Labute approximate surface area is 231 Å². The fourth-order valence-electron chi connectivity index (χ4n) is 5.81. The zero-order chi connectivity index (χ0) is 29.3. The summed E-state index contributed by atoms with van der Waals surface area (Å²) in [4.78, 5) is 55.8. The van der Waals surface area contributed by atoms with Gasteiger partial charge in [0.05, 0.1) is 5.52 Å². The number of halogens is 2. The number of nitrogens with one attached hydrogen (secondary N) is 1. The average molecular weight is 562 g/mol. The number of likely N-dealkylation sites (N-methyl/N-ethyl adjacent to an activating group) is 1. The molecule has 40 heavy (non-hydrogen) atoms. The van der Waals surface area contributed by atoms with Crippen molar-refractivity contribution in [2.45, 2.75) is 64.1 Å². The molecule has 0 spiro atoms. The number of amides is 4. The van der Waals surface area contributed by atoms with E-state index >= 15 is 0 Å². The van der Waals surface area contributed by atoms with Gasteiger partial charge in [-0.1, -0.05) is 19.3 Å². The van der Waals surface area contributed by atoms with E-state index in [1.54, 1.807) is 16.8 Å². The largest absolute Gasteiger partial charge is 0.465 e. The lowest BCUT2D eigenvalue weighted by molar-refractivity contribution is -0.142. The Morgan fingerprint density at radius 3 is 2.33 bits per heavy atom. The molecule has 2 aliphatic rings. The van der Waals surface area contributed by atoms with Crippen LogP contribution in [0.4, 0.5) is 13.6 Å². The Morgan fingerprint density at radius 2 is 1.70 bits per heavy atom. The first kappa shape index (κ1) is 29.3. The minimum atomic E-state index is -1.24. The monoisotopic (exact) mass is 561 g/mol. The van der Waals surface area contributed by atoms with Crippen LogP contribution in [0.5, 0.6) is 0 Å².